The number of para-hydroxylation sites is 2. The Bertz CT molecular complexity index is 1630. The molecule has 0 spiro atoms. The number of aryl methyl sites for hydroxylation is 1. The van der Waals surface area contributed by atoms with Crippen LogP contribution in [0.3, 0.4) is 0 Å². The first-order valence-corrected chi connectivity index (χ1v) is 12.8. The normalized spacial score (nSPS) is 25.4. The molecule has 4 aromatic rings. The third-order valence-corrected chi connectivity index (χ3v) is 8.63. The fourth-order valence-corrected chi connectivity index (χ4v) is 6.89. The van der Waals surface area contributed by atoms with E-state index in [9.17, 15) is 9.59 Å². The van der Waals surface area contributed by atoms with Gasteiger partial charge in [0.05, 0.1) is 33.6 Å². The van der Waals surface area contributed by atoms with Gasteiger partial charge in [-0.2, -0.15) is 0 Å². The number of carbonyl (C=O) groups is 2. The van der Waals surface area contributed by atoms with Crippen LogP contribution in [-0.2, 0) is 15.0 Å². The Balaban J connectivity index is 1.54. The minimum absolute atomic E-state index is 0.210. The van der Waals surface area contributed by atoms with Crippen molar-refractivity contribution < 1.29 is 9.59 Å². The summed E-state index contributed by atoms with van der Waals surface area (Å²) in [6.45, 7) is 2.02. The number of hydrogen-bond donors (Lipinski definition) is 0. The van der Waals surface area contributed by atoms with Crippen LogP contribution in [0.4, 0.5) is 11.4 Å². The summed E-state index contributed by atoms with van der Waals surface area (Å²) in [6, 6.07) is 31.6. The molecule has 0 aromatic heterocycles. The van der Waals surface area contributed by atoms with E-state index in [0.717, 1.165) is 33.5 Å². The van der Waals surface area contributed by atoms with Gasteiger partial charge >= 0.3 is 0 Å². The van der Waals surface area contributed by atoms with Gasteiger partial charge in [0.15, 0.2) is 0 Å². The molecule has 0 N–H and O–H groups in total. The number of aliphatic imine (C=N–C) groups is 1. The van der Waals surface area contributed by atoms with Gasteiger partial charge in [-0.15, -0.1) is 0 Å². The third kappa shape index (κ3) is 2.93. The van der Waals surface area contributed by atoms with Crippen molar-refractivity contribution in [1.82, 2.24) is 0 Å². The van der Waals surface area contributed by atoms with Crippen LogP contribution in [0.2, 0.25) is 5.02 Å². The first-order valence-electron chi connectivity index (χ1n) is 12.5. The second-order valence-corrected chi connectivity index (χ2v) is 10.5. The molecule has 10 rings (SSSR count). The molecule has 5 heteroatoms. The lowest BCUT2D eigenvalue weighted by Gasteiger charge is -2.48. The Morgan fingerprint density at radius 3 is 2.32 bits per heavy atom. The van der Waals surface area contributed by atoms with Crippen molar-refractivity contribution in [3.05, 3.63) is 130 Å². The number of amides is 2. The lowest BCUT2D eigenvalue weighted by atomic mass is 9.52. The number of benzene rings is 4. The standard InChI is InChI=1S/C32H23ClN2O2/c1-19-8-2-6-12-25(19)34-18-32-21-16-14-20(15-17-21)27(22-9-3-4-10-23(22)32)28-29(32)31(37)35(30(28)36)26-13-7-5-11-24(26)33/h2-18,27-29H,1H3/t27-,28-,29+,32+/m0/s1. The van der Waals surface area contributed by atoms with Gasteiger partial charge in [-0.25, -0.2) is 4.90 Å². The van der Waals surface area contributed by atoms with Gasteiger partial charge in [-0.1, -0.05) is 90.5 Å². The molecule has 4 atom stereocenters. The average molecular weight is 503 g/mol. The summed E-state index contributed by atoms with van der Waals surface area (Å²) in [4.78, 5) is 35.0. The molecule has 5 aliphatic carbocycles. The summed E-state index contributed by atoms with van der Waals surface area (Å²) in [5, 5.41) is 0.380. The van der Waals surface area contributed by atoms with E-state index in [1.165, 1.54) is 4.90 Å². The van der Waals surface area contributed by atoms with E-state index in [2.05, 4.69) is 36.4 Å². The zero-order valence-corrected chi connectivity index (χ0v) is 20.9. The monoisotopic (exact) mass is 502 g/mol. The van der Waals surface area contributed by atoms with E-state index in [-0.39, 0.29) is 17.7 Å². The van der Waals surface area contributed by atoms with Gasteiger partial charge in [0.1, 0.15) is 0 Å². The number of imide groups is 1. The molecule has 1 aliphatic heterocycles. The molecule has 2 amide bonds. The van der Waals surface area contributed by atoms with Crippen LogP contribution in [0, 0.1) is 18.8 Å². The van der Waals surface area contributed by atoms with Crippen LogP contribution < -0.4 is 4.90 Å². The summed E-state index contributed by atoms with van der Waals surface area (Å²) in [6.07, 6.45) is 1.92. The van der Waals surface area contributed by atoms with E-state index in [0.29, 0.717) is 10.7 Å². The SMILES string of the molecule is Cc1ccccc1N=C[C@@]12c3ccc(cc3)[C@@H](c3ccccc31)[C@@H]1C(=O)N(c3ccccc3Cl)C(=O)[C@@H]12. The molecule has 1 saturated heterocycles. The first kappa shape index (κ1) is 22.2. The molecule has 1 heterocycles. The lowest BCUT2D eigenvalue weighted by molar-refractivity contribution is -0.122. The molecule has 1 fully saturated rings. The highest BCUT2D eigenvalue weighted by atomic mass is 35.5. The highest BCUT2D eigenvalue weighted by Crippen LogP contribution is 2.60. The number of carbonyl (C=O) groups excluding carboxylic acids is 2. The van der Waals surface area contributed by atoms with Gasteiger partial charge in [-0.05, 0) is 52.9 Å². The number of anilines is 1. The second kappa shape index (κ2) is 7.99. The summed E-state index contributed by atoms with van der Waals surface area (Å²) >= 11 is 6.53. The van der Waals surface area contributed by atoms with E-state index >= 15 is 0 Å². The minimum atomic E-state index is -0.915. The van der Waals surface area contributed by atoms with Gasteiger partial charge in [0.2, 0.25) is 11.8 Å². The van der Waals surface area contributed by atoms with Crippen LogP contribution in [0.15, 0.2) is 102 Å². The van der Waals surface area contributed by atoms with Gasteiger partial charge in [-0.3, -0.25) is 14.6 Å². The molecule has 180 valence electrons. The smallest absolute Gasteiger partial charge is 0.239 e. The predicted molar refractivity (Wildman–Crippen MR) is 146 cm³/mol. The number of halogens is 1. The number of rotatable bonds is 3. The van der Waals surface area contributed by atoms with Crippen molar-refractivity contribution in [2.45, 2.75) is 18.3 Å². The summed E-state index contributed by atoms with van der Waals surface area (Å²) in [7, 11) is 0. The predicted octanol–water partition coefficient (Wildman–Crippen LogP) is 6.60. The molecular weight excluding hydrogens is 480 g/mol. The molecule has 4 bridgehead atoms. The largest absolute Gasteiger partial charge is 0.274 e. The quantitative estimate of drug-likeness (QED) is 0.234. The maximum atomic E-state index is 14.4. The fraction of sp³-hybridized carbons (Fsp3) is 0.156. The van der Waals surface area contributed by atoms with Crippen LogP contribution >= 0.6 is 11.6 Å². The molecule has 37 heavy (non-hydrogen) atoms. The van der Waals surface area contributed by atoms with Gasteiger partial charge < -0.3 is 0 Å². The lowest BCUT2D eigenvalue weighted by Crippen LogP contribution is -2.51. The maximum absolute atomic E-state index is 14.4. The van der Waals surface area contributed by atoms with Crippen molar-refractivity contribution in [2.24, 2.45) is 16.8 Å². The molecule has 0 saturated carbocycles. The van der Waals surface area contributed by atoms with Crippen molar-refractivity contribution in [1.29, 1.82) is 0 Å². The van der Waals surface area contributed by atoms with Crippen molar-refractivity contribution in [3.8, 4) is 0 Å². The summed E-state index contributed by atoms with van der Waals surface area (Å²) in [5.74, 6) is -1.90. The topological polar surface area (TPSA) is 49.7 Å². The van der Waals surface area contributed by atoms with E-state index < -0.39 is 17.3 Å². The third-order valence-electron chi connectivity index (χ3n) is 8.31. The van der Waals surface area contributed by atoms with Crippen molar-refractivity contribution in [3.63, 3.8) is 0 Å². The summed E-state index contributed by atoms with van der Waals surface area (Å²) < 4.78 is 0. The second-order valence-electron chi connectivity index (χ2n) is 10.1. The van der Waals surface area contributed by atoms with E-state index in [1.54, 1.807) is 24.3 Å². The highest BCUT2D eigenvalue weighted by Gasteiger charge is 2.65. The zero-order chi connectivity index (χ0) is 25.3. The molecule has 0 radical (unpaired) electrons. The van der Waals surface area contributed by atoms with Gasteiger partial charge in [0.25, 0.3) is 0 Å². The highest BCUT2D eigenvalue weighted by molar-refractivity contribution is 6.36. The van der Waals surface area contributed by atoms with Crippen molar-refractivity contribution >= 4 is 41.0 Å². The van der Waals surface area contributed by atoms with Crippen LogP contribution in [0.1, 0.15) is 33.7 Å². The Kier molecular flexibility index (Phi) is 4.79. The Hall–Kier alpha value is -4.02. The van der Waals surface area contributed by atoms with Crippen LogP contribution in [-0.4, -0.2) is 18.0 Å². The van der Waals surface area contributed by atoms with Crippen molar-refractivity contribution in [2.75, 3.05) is 4.90 Å². The molecular formula is C32H23ClN2O2. The fourth-order valence-electron chi connectivity index (χ4n) is 6.67. The number of nitrogens with zero attached hydrogens (tertiary/aromatic N) is 2. The Morgan fingerprint density at radius 2 is 1.54 bits per heavy atom. The number of hydrogen-bond acceptors (Lipinski definition) is 3. The van der Waals surface area contributed by atoms with E-state index in [4.69, 9.17) is 16.6 Å². The molecule has 0 unspecified atom stereocenters. The zero-order valence-electron chi connectivity index (χ0n) is 20.1. The van der Waals surface area contributed by atoms with E-state index in [1.807, 2.05) is 49.5 Å². The molecule has 4 nitrogen and oxygen atoms in total. The minimum Gasteiger partial charge on any atom is -0.274 e. The van der Waals surface area contributed by atoms with Crippen LogP contribution in [0.5, 0.6) is 0 Å². The summed E-state index contributed by atoms with van der Waals surface area (Å²) in [5.41, 5.74) is 5.50. The van der Waals surface area contributed by atoms with Gasteiger partial charge in [0, 0.05) is 12.1 Å². The maximum Gasteiger partial charge on any atom is 0.239 e. The molecule has 6 aliphatic rings. The average Bonchev–Trinajstić information content (AvgIpc) is 3.16. The Labute approximate surface area is 220 Å². The Morgan fingerprint density at radius 1 is 0.838 bits per heavy atom. The first-order chi connectivity index (χ1) is 18.0. The van der Waals surface area contributed by atoms with Crippen LogP contribution in [0.25, 0.3) is 0 Å². The molecule has 4 aromatic carbocycles.